The van der Waals surface area contributed by atoms with E-state index < -0.39 is 29.5 Å². The molecule has 0 radical (unpaired) electrons. The van der Waals surface area contributed by atoms with Crippen LogP contribution in [0.25, 0.3) is 5.57 Å². The first-order chi connectivity index (χ1) is 9.96. The summed E-state index contributed by atoms with van der Waals surface area (Å²) in [4.78, 5) is 11.0. The second-order valence-electron chi connectivity index (χ2n) is 4.66. The number of halogens is 4. The van der Waals surface area contributed by atoms with E-state index in [0.717, 1.165) is 25.1 Å². The average Bonchev–Trinajstić information content (AvgIpc) is 2.43. The van der Waals surface area contributed by atoms with Gasteiger partial charge in [0.1, 0.15) is 11.6 Å². The van der Waals surface area contributed by atoms with E-state index in [4.69, 9.17) is 9.84 Å². The summed E-state index contributed by atoms with van der Waals surface area (Å²) in [6, 6.07) is 2.98. The van der Waals surface area contributed by atoms with Crippen LogP contribution >= 0.6 is 0 Å². The molecule has 1 aromatic rings. The molecule has 0 bridgehead atoms. The van der Waals surface area contributed by atoms with Crippen LogP contribution in [0.4, 0.5) is 17.6 Å². The van der Waals surface area contributed by atoms with Crippen molar-refractivity contribution in [2.24, 2.45) is 5.92 Å². The third kappa shape index (κ3) is 2.92. The van der Waals surface area contributed by atoms with Gasteiger partial charge in [-0.3, -0.25) is 0 Å². The Bertz CT molecular complexity index is 597. The van der Waals surface area contributed by atoms with Gasteiger partial charge in [-0.05, 0) is 17.7 Å². The summed E-state index contributed by atoms with van der Waals surface area (Å²) in [6.45, 7) is 4.27. The number of benzene rings is 1. The number of hydrogen-bond acceptors (Lipinski definition) is 3. The molecule has 0 spiro atoms. The molecule has 8 heteroatoms. The molecule has 2 N–H and O–H groups in total. The minimum atomic E-state index is -5.42. The lowest BCUT2D eigenvalue weighted by Crippen LogP contribution is -2.56. The molecule has 2 unspecified atom stereocenters. The third-order valence-electron chi connectivity index (χ3n) is 3.42. The molecule has 0 aliphatic rings. The van der Waals surface area contributed by atoms with E-state index >= 15 is 0 Å². The van der Waals surface area contributed by atoms with Gasteiger partial charge in [0.25, 0.3) is 5.60 Å². The highest BCUT2D eigenvalue weighted by Crippen LogP contribution is 2.43. The smallest absolute Gasteiger partial charge is 0.428 e. The van der Waals surface area contributed by atoms with Crippen LogP contribution < -0.4 is 4.74 Å². The number of ether oxygens (including phenoxy) is 1. The SMILES string of the molecule is C=C(c1ccc(F)cc1OC)C(C)C(O)(C(=O)O)C(F)(F)F. The third-order valence-corrected chi connectivity index (χ3v) is 3.42. The molecule has 0 aromatic heterocycles. The number of rotatable bonds is 5. The van der Waals surface area contributed by atoms with Crippen molar-refractivity contribution in [3.05, 3.63) is 36.2 Å². The van der Waals surface area contributed by atoms with E-state index in [1.807, 2.05) is 0 Å². The fourth-order valence-corrected chi connectivity index (χ4v) is 1.97. The first-order valence-electron chi connectivity index (χ1n) is 6.02. The van der Waals surface area contributed by atoms with E-state index in [1.54, 1.807) is 0 Å². The fraction of sp³-hybridized carbons (Fsp3) is 0.357. The molecule has 1 aromatic carbocycles. The molecule has 0 amide bonds. The van der Waals surface area contributed by atoms with Gasteiger partial charge in [-0.1, -0.05) is 13.5 Å². The second kappa shape index (κ2) is 5.96. The molecule has 22 heavy (non-hydrogen) atoms. The van der Waals surface area contributed by atoms with Gasteiger partial charge in [-0.15, -0.1) is 0 Å². The maximum absolute atomic E-state index is 13.1. The van der Waals surface area contributed by atoms with E-state index in [9.17, 15) is 27.5 Å². The zero-order valence-electron chi connectivity index (χ0n) is 11.7. The number of methoxy groups -OCH3 is 1. The predicted molar refractivity (Wildman–Crippen MR) is 69.8 cm³/mol. The van der Waals surface area contributed by atoms with Crippen LogP contribution in [0.5, 0.6) is 5.75 Å². The normalized spacial score (nSPS) is 15.8. The van der Waals surface area contributed by atoms with Crippen LogP contribution in [-0.4, -0.2) is 35.1 Å². The van der Waals surface area contributed by atoms with E-state index in [2.05, 4.69) is 6.58 Å². The average molecular weight is 322 g/mol. The molecule has 0 fully saturated rings. The lowest BCUT2D eigenvalue weighted by molar-refractivity contribution is -0.269. The molecular formula is C14H14F4O4. The zero-order chi connectivity index (χ0) is 17.3. The minimum absolute atomic E-state index is 0.0275. The molecule has 2 atom stereocenters. The highest BCUT2D eigenvalue weighted by molar-refractivity contribution is 5.84. The molecule has 0 heterocycles. The highest BCUT2D eigenvalue weighted by Gasteiger charge is 2.63. The Balaban J connectivity index is 3.35. The summed E-state index contributed by atoms with van der Waals surface area (Å²) < 4.78 is 56.9. The Morgan fingerprint density at radius 3 is 2.32 bits per heavy atom. The number of hydrogen-bond donors (Lipinski definition) is 2. The van der Waals surface area contributed by atoms with Crippen molar-refractivity contribution < 1.29 is 37.3 Å². The van der Waals surface area contributed by atoms with Gasteiger partial charge in [0.2, 0.25) is 0 Å². The van der Waals surface area contributed by atoms with Gasteiger partial charge >= 0.3 is 12.1 Å². The molecule has 122 valence electrons. The number of carboxylic acids is 1. The number of aliphatic hydroxyl groups is 1. The number of alkyl halides is 3. The lowest BCUT2D eigenvalue weighted by Gasteiger charge is -2.33. The second-order valence-corrected chi connectivity index (χ2v) is 4.66. The van der Waals surface area contributed by atoms with Crippen molar-refractivity contribution in [1.82, 2.24) is 0 Å². The zero-order valence-corrected chi connectivity index (χ0v) is 11.7. The van der Waals surface area contributed by atoms with Crippen molar-refractivity contribution in [3.8, 4) is 5.75 Å². The molecule has 0 saturated heterocycles. The van der Waals surface area contributed by atoms with E-state index in [1.165, 1.54) is 7.11 Å². The molecule has 0 saturated carbocycles. The summed E-state index contributed by atoms with van der Waals surface area (Å²) in [7, 11) is 1.17. The Morgan fingerprint density at radius 2 is 1.91 bits per heavy atom. The van der Waals surface area contributed by atoms with Crippen molar-refractivity contribution in [2.45, 2.75) is 18.7 Å². The van der Waals surface area contributed by atoms with Crippen LogP contribution in [0.15, 0.2) is 24.8 Å². The summed E-state index contributed by atoms with van der Waals surface area (Å²) in [5, 5.41) is 18.4. The van der Waals surface area contributed by atoms with E-state index in [-0.39, 0.29) is 16.9 Å². The van der Waals surface area contributed by atoms with Crippen molar-refractivity contribution >= 4 is 11.5 Å². The van der Waals surface area contributed by atoms with Crippen LogP contribution in [0.1, 0.15) is 12.5 Å². The quantitative estimate of drug-likeness (QED) is 0.818. The van der Waals surface area contributed by atoms with Gasteiger partial charge in [0.15, 0.2) is 0 Å². The fourth-order valence-electron chi connectivity index (χ4n) is 1.97. The van der Waals surface area contributed by atoms with Gasteiger partial charge in [0.05, 0.1) is 7.11 Å². The van der Waals surface area contributed by atoms with Crippen molar-refractivity contribution in [3.63, 3.8) is 0 Å². The molecule has 0 aliphatic carbocycles. The van der Waals surface area contributed by atoms with Gasteiger partial charge in [0, 0.05) is 17.5 Å². The Labute approximate surface area is 123 Å². The topological polar surface area (TPSA) is 66.8 Å². The van der Waals surface area contributed by atoms with Gasteiger partial charge < -0.3 is 14.9 Å². The van der Waals surface area contributed by atoms with Crippen LogP contribution in [0.2, 0.25) is 0 Å². The summed E-state index contributed by atoms with van der Waals surface area (Å²) in [5.41, 5.74) is -4.40. The lowest BCUT2D eigenvalue weighted by atomic mass is 9.80. The minimum Gasteiger partial charge on any atom is -0.496 e. The summed E-state index contributed by atoms with van der Waals surface area (Å²) in [5.74, 6) is -5.18. The monoisotopic (exact) mass is 322 g/mol. The van der Waals surface area contributed by atoms with Crippen LogP contribution in [0, 0.1) is 11.7 Å². The van der Waals surface area contributed by atoms with Crippen molar-refractivity contribution in [1.29, 1.82) is 0 Å². The number of aliphatic carboxylic acids is 1. The Hall–Kier alpha value is -2.09. The number of carboxylic acid groups (broad SMARTS) is 1. The largest absolute Gasteiger partial charge is 0.496 e. The Kier molecular flexibility index (Phi) is 4.86. The summed E-state index contributed by atoms with van der Waals surface area (Å²) in [6.07, 6.45) is -5.42. The first-order valence-corrected chi connectivity index (χ1v) is 6.02. The summed E-state index contributed by atoms with van der Waals surface area (Å²) >= 11 is 0. The van der Waals surface area contributed by atoms with E-state index in [0.29, 0.717) is 0 Å². The van der Waals surface area contributed by atoms with Crippen LogP contribution in [-0.2, 0) is 4.79 Å². The highest BCUT2D eigenvalue weighted by atomic mass is 19.4. The maximum atomic E-state index is 13.1. The predicted octanol–water partition coefficient (Wildman–Crippen LogP) is 2.86. The van der Waals surface area contributed by atoms with Crippen molar-refractivity contribution in [2.75, 3.05) is 7.11 Å². The first kappa shape index (κ1) is 18.0. The maximum Gasteiger partial charge on any atom is 0.428 e. The molecular weight excluding hydrogens is 308 g/mol. The van der Waals surface area contributed by atoms with Gasteiger partial charge in [-0.2, -0.15) is 13.2 Å². The molecule has 4 nitrogen and oxygen atoms in total. The molecule has 1 rings (SSSR count). The standard InChI is InChI=1S/C14H14F4O4/c1-7(10-5-4-9(15)6-11(10)22-3)8(2)13(21,12(19)20)14(16,17)18/h4-6,8,21H,1H2,2-3H3,(H,19,20). The Morgan fingerprint density at radius 1 is 1.36 bits per heavy atom. The van der Waals surface area contributed by atoms with Crippen LogP contribution in [0.3, 0.4) is 0 Å². The van der Waals surface area contributed by atoms with Gasteiger partial charge in [-0.25, -0.2) is 9.18 Å². The molecule has 0 aliphatic heterocycles. The number of carbonyl (C=O) groups is 1.